The van der Waals surface area contributed by atoms with Gasteiger partial charge in [0.1, 0.15) is 5.75 Å². The van der Waals surface area contributed by atoms with Gasteiger partial charge in [0.2, 0.25) is 0 Å². The molecule has 0 radical (unpaired) electrons. The molecule has 32 heavy (non-hydrogen) atoms. The first-order chi connectivity index (χ1) is 15.1. The molecule has 0 spiro atoms. The van der Waals surface area contributed by atoms with E-state index in [9.17, 15) is 5.21 Å². The molecular formula is C29H43NO2. The predicted molar refractivity (Wildman–Crippen MR) is 139 cm³/mol. The van der Waals surface area contributed by atoms with Crippen LogP contribution in [0.5, 0.6) is 5.75 Å². The molecule has 1 aliphatic heterocycles. The van der Waals surface area contributed by atoms with E-state index >= 15 is 0 Å². The van der Waals surface area contributed by atoms with Gasteiger partial charge in [0.25, 0.3) is 0 Å². The summed E-state index contributed by atoms with van der Waals surface area (Å²) in [7, 11) is 0. The average Bonchev–Trinajstić information content (AvgIpc) is 2.71. The maximum absolute atomic E-state index is 10.5. The number of hydroxylamine groups is 1. The van der Waals surface area contributed by atoms with Gasteiger partial charge in [-0.05, 0) is 111 Å². The van der Waals surface area contributed by atoms with Gasteiger partial charge in [-0.3, -0.25) is 5.21 Å². The molecule has 0 amide bonds. The van der Waals surface area contributed by atoms with Crippen LogP contribution in [0.2, 0.25) is 0 Å². The number of hydrogen-bond acceptors (Lipinski definition) is 3. The number of hydrogen-bond donors (Lipinski definition) is 1. The molecule has 1 aromatic rings. The summed E-state index contributed by atoms with van der Waals surface area (Å²) in [5.41, 5.74) is 6.99. The summed E-state index contributed by atoms with van der Waals surface area (Å²) in [6, 6.07) is 5.93. The molecule has 2 rings (SSSR count). The molecule has 3 nitrogen and oxygen atoms in total. The number of rotatable bonds is 11. The van der Waals surface area contributed by atoms with E-state index in [2.05, 4.69) is 58.9 Å². The molecule has 1 N–H and O–H groups in total. The number of benzene rings is 1. The molecular weight excluding hydrogens is 394 g/mol. The molecule has 0 atom stereocenters. The van der Waals surface area contributed by atoms with Gasteiger partial charge in [0.15, 0.2) is 0 Å². The minimum Gasteiger partial charge on any atom is -0.494 e. The van der Waals surface area contributed by atoms with Crippen LogP contribution in [0.1, 0.15) is 92.6 Å². The van der Waals surface area contributed by atoms with E-state index in [0.29, 0.717) is 6.61 Å². The van der Waals surface area contributed by atoms with Gasteiger partial charge in [0, 0.05) is 5.56 Å². The van der Waals surface area contributed by atoms with Crippen LogP contribution in [0.4, 0.5) is 5.69 Å². The average molecular weight is 438 g/mol. The summed E-state index contributed by atoms with van der Waals surface area (Å²) in [6.45, 7) is 15.6. The van der Waals surface area contributed by atoms with E-state index in [0.717, 1.165) is 55.5 Å². The molecule has 0 unspecified atom stereocenters. The molecule has 176 valence electrons. The smallest absolute Gasteiger partial charge is 0.120 e. The Morgan fingerprint density at radius 3 is 2.25 bits per heavy atom. The van der Waals surface area contributed by atoms with Crippen molar-refractivity contribution in [3.8, 4) is 5.75 Å². The number of unbranched alkanes of at least 4 members (excludes halogenated alkanes) is 1. The van der Waals surface area contributed by atoms with Gasteiger partial charge in [-0.2, -0.15) is 0 Å². The number of ether oxygens (including phenoxy) is 1. The molecule has 0 aliphatic carbocycles. The fourth-order valence-electron chi connectivity index (χ4n) is 4.05. The van der Waals surface area contributed by atoms with E-state index in [1.807, 2.05) is 32.0 Å². The Hall–Kier alpha value is -2.26. The minimum atomic E-state index is -0.399. The van der Waals surface area contributed by atoms with Crippen LogP contribution in [0.3, 0.4) is 0 Å². The standard InChI is InChI=1S/C29H43NO2/c1-22(2)12-10-14-24(4)16-11-15-23(3)13-8-9-19-32-26-17-18-28-27(20-26)25(5)21-29(6,7)30(28)31/h12-13,16-18,20-21,31H,8-11,14-15,19H2,1-7H3. The van der Waals surface area contributed by atoms with Crippen LogP contribution in [-0.4, -0.2) is 17.4 Å². The number of fused-ring (bicyclic) bond motifs is 1. The third-order valence-corrected chi connectivity index (χ3v) is 5.97. The summed E-state index contributed by atoms with van der Waals surface area (Å²) in [5.74, 6) is 0.860. The third-order valence-electron chi connectivity index (χ3n) is 5.97. The van der Waals surface area contributed by atoms with Crippen molar-refractivity contribution in [2.24, 2.45) is 0 Å². The van der Waals surface area contributed by atoms with Gasteiger partial charge in [-0.1, -0.05) is 41.0 Å². The third kappa shape index (κ3) is 8.02. The van der Waals surface area contributed by atoms with Gasteiger partial charge in [0.05, 0.1) is 17.8 Å². The van der Waals surface area contributed by atoms with Crippen molar-refractivity contribution in [1.82, 2.24) is 0 Å². The fourth-order valence-corrected chi connectivity index (χ4v) is 4.05. The largest absolute Gasteiger partial charge is 0.494 e. The van der Waals surface area contributed by atoms with Crippen LogP contribution in [0, 0.1) is 0 Å². The highest BCUT2D eigenvalue weighted by molar-refractivity contribution is 5.81. The van der Waals surface area contributed by atoms with Crippen molar-refractivity contribution in [3.05, 3.63) is 64.8 Å². The van der Waals surface area contributed by atoms with Crippen molar-refractivity contribution in [2.75, 3.05) is 11.7 Å². The molecule has 0 fully saturated rings. The zero-order chi connectivity index (χ0) is 23.7. The Morgan fingerprint density at radius 1 is 0.969 bits per heavy atom. The molecule has 0 saturated carbocycles. The number of anilines is 1. The highest BCUT2D eigenvalue weighted by Crippen LogP contribution is 2.39. The topological polar surface area (TPSA) is 32.7 Å². The second kappa shape index (κ2) is 12.1. The second-order valence-electron chi connectivity index (χ2n) is 9.92. The Bertz CT molecular complexity index is 882. The monoisotopic (exact) mass is 437 g/mol. The Kier molecular flexibility index (Phi) is 9.84. The molecule has 0 saturated heterocycles. The number of allylic oxidation sites excluding steroid dienone is 7. The predicted octanol–water partition coefficient (Wildman–Crippen LogP) is 8.66. The summed E-state index contributed by atoms with van der Waals surface area (Å²) in [4.78, 5) is 0. The van der Waals surface area contributed by atoms with Crippen molar-refractivity contribution >= 4 is 11.3 Å². The SMILES string of the molecule is CC(C)=CCCC(C)=CCCC(C)=CCCCOc1ccc2c(c1)C(C)=CC(C)(C)N2O. The van der Waals surface area contributed by atoms with Crippen LogP contribution < -0.4 is 9.80 Å². The van der Waals surface area contributed by atoms with Gasteiger partial charge >= 0.3 is 0 Å². The highest BCUT2D eigenvalue weighted by Gasteiger charge is 2.30. The summed E-state index contributed by atoms with van der Waals surface area (Å²) in [6.07, 6.45) is 15.7. The summed E-state index contributed by atoms with van der Waals surface area (Å²) < 4.78 is 5.99. The van der Waals surface area contributed by atoms with Crippen LogP contribution >= 0.6 is 0 Å². The van der Waals surface area contributed by atoms with Crippen molar-refractivity contribution < 1.29 is 9.94 Å². The Balaban J connectivity index is 1.73. The normalized spacial score (nSPS) is 15.9. The van der Waals surface area contributed by atoms with E-state index in [-0.39, 0.29) is 0 Å². The van der Waals surface area contributed by atoms with E-state index in [1.54, 1.807) is 0 Å². The molecule has 1 aliphatic rings. The maximum atomic E-state index is 10.5. The van der Waals surface area contributed by atoms with Gasteiger partial charge in [-0.25, -0.2) is 5.06 Å². The lowest BCUT2D eigenvalue weighted by Gasteiger charge is -2.38. The lowest BCUT2D eigenvalue weighted by atomic mass is 9.91. The molecule has 0 aromatic heterocycles. The first-order valence-electron chi connectivity index (χ1n) is 12.0. The first kappa shape index (κ1) is 26.0. The molecule has 0 bridgehead atoms. The second-order valence-corrected chi connectivity index (χ2v) is 9.92. The van der Waals surface area contributed by atoms with E-state index in [1.165, 1.54) is 27.4 Å². The summed E-state index contributed by atoms with van der Waals surface area (Å²) in [5, 5.41) is 11.8. The van der Waals surface area contributed by atoms with Crippen molar-refractivity contribution in [2.45, 2.75) is 92.5 Å². The van der Waals surface area contributed by atoms with Crippen LogP contribution in [0.15, 0.2) is 59.2 Å². The zero-order valence-corrected chi connectivity index (χ0v) is 21.3. The van der Waals surface area contributed by atoms with Gasteiger partial charge in [-0.15, -0.1) is 0 Å². The summed E-state index contributed by atoms with van der Waals surface area (Å²) >= 11 is 0. The number of nitrogens with zero attached hydrogens (tertiary/aromatic N) is 1. The van der Waals surface area contributed by atoms with Crippen LogP contribution in [0.25, 0.3) is 5.57 Å². The first-order valence-corrected chi connectivity index (χ1v) is 12.0. The highest BCUT2D eigenvalue weighted by atomic mass is 16.5. The molecule has 1 heterocycles. The Morgan fingerprint density at radius 2 is 1.59 bits per heavy atom. The van der Waals surface area contributed by atoms with Gasteiger partial charge < -0.3 is 4.74 Å². The van der Waals surface area contributed by atoms with Crippen LogP contribution in [-0.2, 0) is 0 Å². The quantitative estimate of drug-likeness (QED) is 0.278. The minimum absolute atomic E-state index is 0.399. The molecule has 1 aromatic carbocycles. The maximum Gasteiger partial charge on any atom is 0.120 e. The Labute approximate surface area is 196 Å². The van der Waals surface area contributed by atoms with Crippen molar-refractivity contribution in [3.63, 3.8) is 0 Å². The van der Waals surface area contributed by atoms with E-state index in [4.69, 9.17) is 4.74 Å². The lowest BCUT2D eigenvalue weighted by Crippen LogP contribution is -2.42. The fraction of sp³-hybridized carbons (Fsp3) is 0.517. The molecule has 3 heteroatoms. The zero-order valence-electron chi connectivity index (χ0n) is 21.3. The lowest BCUT2D eigenvalue weighted by molar-refractivity contribution is 0.194. The van der Waals surface area contributed by atoms with E-state index < -0.39 is 5.54 Å². The van der Waals surface area contributed by atoms with Crippen molar-refractivity contribution in [1.29, 1.82) is 0 Å².